The lowest BCUT2D eigenvalue weighted by Gasteiger charge is -2.55. The van der Waals surface area contributed by atoms with Gasteiger partial charge in [0.2, 0.25) is 11.8 Å². The van der Waals surface area contributed by atoms with Crippen molar-refractivity contribution < 1.29 is 34.2 Å². The molecule has 6 atom stereocenters. The lowest BCUT2D eigenvalue weighted by atomic mass is 9.44. The minimum atomic E-state index is -1.49. The molecule has 50 heavy (non-hydrogen) atoms. The maximum Gasteiger partial charge on any atom is 0.335 e. The number of amides is 2. The molecule has 248 valence electrons. The van der Waals surface area contributed by atoms with Crippen LogP contribution in [0, 0.1) is 23.7 Å². The van der Waals surface area contributed by atoms with E-state index in [9.17, 15) is 29.4 Å². The Morgan fingerprint density at radius 1 is 0.820 bits per heavy atom. The van der Waals surface area contributed by atoms with Crippen molar-refractivity contribution in [3.8, 4) is 5.75 Å². The number of carboxylic acids is 1. The third-order valence-electron chi connectivity index (χ3n) is 11.0. The normalized spacial score (nSPS) is 27.2. The van der Waals surface area contributed by atoms with Crippen LogP contribution < -0.4 is 4.90 Å². The number of nitrogens with zero attached hydrogens (tertiary/aromatic N) is 1. The second-order valence-electron chi connectivity index (χ2n) is 13.4. The standard InChI is InChI=1S/C41H30ClNO7/c42-25-13-18-33(44)31(19-25)36-27-16-17-28-35(39(48)43(38(28)47)26-14-11-23(12-15-26)40(49)50)30(27)20-32-37(46)29(22-7-3-1-4-8-22)21-34(45)41(32,36)24-9-5-2-6-10-24/h1-16,18-19,21,28,30,32,35-36,44H,17,20H2,(H,49,50)/t28-,30+,32-,35-,36+,41-/m0/s1. The predicted octanol–water partition coefficient (Wildman–Crippen LogP) is 6.77. The van der Waals surface area contributed by atoms with Gasteiger partial charge in [-0.2, -0.15) is 0 Å². The zero-order chi connectivity index (χ0) is 34.9. The lowest BCUT2D eigenvalue weighted by molar-refractivity contribution is -0.135. The van der Waals surface area contributed by atoms with Crippen LogP contribution in [0.1, 0.15) is 45.8 Å². The van der Waals surface area contributed by atoms with Gasteiger partial charge in [-0.15, -0.1) is 0 Å². The van der Waals surface area contributed by atoms with E-state index in [1.54, 1.807) is 36.4 Å². The number of ketones is 2. The topological polar surface area (TPSA) is 129 Å². The molecule has 1 heterocycles. The first-order valence-electron chi connectivity index (χ1n) is 16.4. The first-order chi connectivity index (χ1) is 24.1. The number of phenolic OH excluding ortho intramolecular Hbond substituents is 1. The summed E-state index contributed by atoms with van der Waals surface area (Å²) in [5.41, 5.74) is 1.32. The minimum absolute atomic E-state index is 0.0191. The third kappa shape index (κ3) is 4.55. The van der Waals surface area contributed by atoms with Crippen molar-refractivity contribution >= 4 is 52.2 Å². The van der Waals surface area contributed by atoms with E-state index < -0.39 is 52.8 Å². The van der Waals surface area contributed by atoms with Crippen LogP contribution in [0.4, 0.5) is 5.69 Å². The Labute approximate surface area is 292 Å². The van der Waals surface area contributed by atoms with Gasteiger partial charge >= 0.3 is 5.97 Å². The molecule has 9 heteroatoms. The summed E-state index contributed by atoms with van der Waals surface area (Å²) in [5.74, 6) is -6.73. The molecule has 0 unspecified atom stereocenters. The number of benzene rings is 4. The number of allylic oxidation sites excluding steroid dienone is 4. The summed E-state index contributed by atoms with van der Waals surface area (Å²) >= 11 is 6.56. The van der Waals surface area contributed by atoms with Gasteiger partial charge in [0.15, 0.2) is 11.6 Å². The SMILES string of the molecule is O=C(O)c1ccc(N2C(=O)[C@H]3[C@H](CC=C4[C@H]3C[C@H]3C(=O)C(c5ccccc5)=CC(=O)[C@@]3(c3ccccc3)[C@H]4c3cc(Cl)ccc3O)C2=O)cc1. The number of phenols is 1. The summed E-state index contributed by atoms with van der Waals surface area (Å²) in [4.78, 5) is 71.1. The number of anilines is 1. The second kappa shape index (κ2) is 11.8. The predicted molar refractivity (Wildman–Crippen MR) is 186 cm³/mol. The van der Waals surface area contributed by atoms with E-state index in [1.165, 1.54) is 36.4 Å². The number of aromatic carboxylic acids is 1. The van der Waals surface area contributed by atoms with E-state index in [2.05, 4.69) is 0 Å². The fourth-order valence-electron chi connectivity index (χ4n) is 8.98. The molecule has 3 aliphatic carbocycles. The number of fused-ring (bicyclic) bond motifs is 4. The fourth-order valence-corrected chi connectivity index (χ4v) is 9.16. The Hall–Kier alpha value is -5.60. The van der Waals surface area contributed by atoms with E-state index in [0.29, 0.717) is 27.3 Å². The Balaban J connectivity index is 1.34. The highest BCUT2D eigenvalue weighted by molar-refractivity contribution is 6.32. The number of rotatable bonds is 5. The average molecular weight is 684 g/mol. The highest BCUT2D eigenvalue weighted by atomic mass is 35.5. The number of hydrogen-bond acceptors (Lipinski definition) is 6. The van der Waals surface area contributed by atoms with Crippen LogP contribution in [0.2, 0.25) is 5.02 Å². The molecular formula is C41H30ClNO7. The smallest absolute Gasteiger partial charge is 0.335 e. The van der Waals surface area contributed by atoms with Crippen LogP contribution in [0.5, 0.6) is 5.75 Å². The van der Waals surface area contributed by atoms with E-state index >= 15 is 4.79 Å². The fraction of sp³-hybridized carbons (Fsp3) is 0.195. The average Bonchev–Trinajstić information content (AvgIpc) is 3.39. The number of carboxylic acid groups (broad SMARTS) is 1. The van der Waals surface area contributed by atoms with Gasteiger partial charge in [0.1, 0.15) is 5.75 Å². The molecule has 4 aliphatic rings. The molecular weight excluding hydrogens is 654 g/mol. The number of imide groups is 1. The van der Waals surface area contributed by atoms with Gasteiger partial charge in [-0.05, 0) is 78.4 Å². The first-order valence-corrected chi connectivity index (χ1v) is 16.8. The molecule has 4 aromatic rings. The van der Waals surface area contributed by atoms with Crippen LogP contribution >= 0.6 is 11.6 Å². The molecule has 2 amide bonds. The number of carbonyl (C=O) groups excluding carboxylic acids is 4. The molecule has 1 saturated heterocycles. The van der Waals surface area contributed by atoms with Gasteiger partial charge in [-0.3, -0.25) is 24.1 Å². The molecule has 1 aliphatic heterocycles. The van der Waals surface area contributed by atoms with E-state index in [1.807, 2.05) is 42.5 Å². The zero-order valence-corrected chi connectivity index (χ0v) is 27.3. The van der Waals surface area contributed by atoms with Crippen molar-refractivity contribution in [1.82, 2.24) is 0 Å². The molecule has 1 saturated carbocycles. The third-order valence-corrected chi connectivity index (χ3v) is 11.3. The zero-order valence-electron chi connectivity index (χ0n) is 26.5. The van der Waals surface area contributed by atoms with Gasteiger partial charge in [0.05, 0.1) is 28.5 Å². The van der Waals surface area contributed by atoms with Crippen molar-refractivity contribution in [3.05, 3.63) is 148 Å². The Kier molecular flexibility index (Phi) is 7.45. The van der Waals surface area contributed by atoms with Crippen molar-refractivity contribution in [3.63, 3.8) is 0 Å². The monoisotopic (exact) mass is 683 g/mol. The number of halogens is 1. The highest BCUT2D eigenvalue weighted by Gasteiger charge is 2.66. The summed E-state index contributed by atoms with van der Waals surface area (Å²) in [6, 6.07) is 28.3. The Morgan fingerprint density at radius 3 is 2.18 bits per heavy atom. The maximum atomic E-state index is 15.0. The number of Topliss-reactive ketones (excluding diaryl/α,β-unsaturated/α-hetero) is 1. The summed E-state index contributed by atoms with van der Waals surface area (Å²) in [5, 5.41) is 21.2. The molecule has 0 bridgehead atoms. The number of aromatic hydroxyl groups is 1. The van der Waals surface area contributed by atoms with Crippen LogP contribution in [0.3, 0.4) is 0 Å². The molecule has 0 aromatic heterocycles. The van der Waals surface area contributed by atoms with Crippen LogP contribution in [-0.2, 0) is 24.6 Å². The highest BCUT2D eigenvalue weighted by Crippen LogP contribution is 2.64. The van der Waals surface area contributed by atoms with Gasteiger partial charge in [-0.25, -0.2) is 4.79 Å². The number of hydrogen-bond donors (Lipinski definition) is 2. The Morgan fingerprint density at radius 2 is 1.50 bits per heavy atom. The van der Waals surface area contributed by atoms with Crippen LogP contribution in [0.15, 0.2) is 121 Å². The van der Waals surface area contributed by atoms with Gasteiger partial charge in [-0.1, -0.05) is 83.9 Å². The molecule has 0 spiro atoms. The summed E-state index contributed by atoms with van der Waals surface area (Å²) in [6.07, 6.45) is 3.65. The molecule has 4 aromatic carbocycles. The molecule has 2 N–H and O–H groups in total. The van der Waals surface area contributed by atoms with Crippen molar-refractivity contribution in [2.75, 3.05) is 4.90 Å². The summed E-state index contributed by atoms with van der Waals surface area (Å²) in [7, 11) is 0. The van der Waals surface area contributed by atoms with E-state index in [-0.39, 0.29) is 47.0 Å². The molecule has 2 fully saturated rings. The van der Waals surface area contributed by atoms with E-state index in [0.717, 1.165) is 4.90 Å². The summed E-state index contributed by atoms with van der Waals surface area (Å²) < 4.78 is 0. The quantitative estimate of drug-likeness (QED) is 0.175. The maximum absolute atomic E-state index is 15.0. The number of carbonyl (C=O) groups is 5. The minimum Gasteiger partial charge on any atom is -0.508 e. The van der Waals surface area contributed by atoms with Crippen molar-refractivity contribution in [1.29, 1.82) is 0 Å². The van der Waals surface area contributed by atoms with E-state index in [4.69, 9.17) is 11.6 Å². The van der Waals surface area contributed by atoms with Crippen molar-refractivity contribution in [2.45, 2.75) is 24.2 Å². The van der Waals surface area contributed by atoms with Gasteiger partial charge in [0, 0.05) is 28.0 Å². The molecule has 8 rings (SSSR count). The molecule has 8 nitrogen and oxygen atoms in total. The Bertz CT molecular complexity index is 2180. The van der Waals surface area contributed by atoms with Gasteiger partial charge in [0.25, 0.3) is 0 Å². The van der Waals surface area contributed by atoms with Gasteiger partial charge < -0.3 is 10.2 Å². The van der Waals surface area contributed by atoms with Crippen molar-refractivity contribution in [2.24, 2.45) is 23.7 Å². The van der Waals surface area contributed by atoms with Crippen LogP contribution in [0.25, 0.3) is 5.57 Å². The molecule has 0 radical (unpaired) electrons. The second-order valence-corrected chi connectivity index (χ2v) is 13.8. The summed E-state index contributed by atoms with van der Waals surface area (Å²) in [6.45, 7) is 0. The lowest BCUT2D eigenvalue weighted by Crippen LogP contribution is -2.58. The largest absolute Gasteiger partial charge is 0.508 e. The first kappa shape index (κ1) is 31.7. The van der Waals surface area contributed by atoms with Crippen LogP contribution in [-0.4, -0.2) is 39.6 Å².